The number of ether oxygens (including phenoxy) is 1. The summed E-state index contributed by atoms with van der Waals surface area (Å²) in [7, 11) is 1.37. The Balaban J connectivity index is 2.05. The SMILES string of the molecule is COc1ccc(N)c2c1C(=O)N([C@H]1CCC(=O)NC1=O)C2=O. The highest BCUT2D eigenvalue weighted by atomic mass is 16.5. The number of hydrogen-bond donors (Lipinski definition) is 2. The summed E-state index contributed by atoms with van der Waals surface area (Å²) in [6, 6.07) is 1.94. The van der Waals surface area contributed by atoms with Gasteiger partial charge in [0.15, 0.2) is 0 Å². The highest BCUT2D eigenvalue weighted by Crippen LogP contribution is 2.36. The highest BCUT2D eigenvalue weighted by Gasteiger charge is 2.46. The van der Waals surface area contributed by atoms with Gasteiger partial charge in [-0.3, -0.25) is 29.4 Å². The van der Waals surface area contributed by atoms with E-state index in [-0.39, 0.29) is 35.4 Å². The maximum atomic E-state index is 12.6. The molecule has 8 nitrogen and oxygen atoms in total. The smallest absolute Gasteiger partial charge is 0.266 e. The summed E-state index contributed by atoms with van der Waals surface area (Å²) in [4.78, 5) is 49.1. The number of nitrogens with zero attached hydrogens (tertiary/aromatic N) is 1. The number of imide groups is 2. The van der Waals surface area contributed by atoms with Crippen molar-refractivity contribution in [1.29, 1.82) is 0 Å². The van der Waals surface area contributed by atoms with Gasteiger partial charge in [0.25, 0.3) is 11.8 Å². The van der Waals surface area contributed by atoms with Gasteiger partial charge in [0.1, 0.15) is 11.8 Å². The van der Waals surface area contributed by atoms with Crippen LogP contribution in [0.1, 0.15) is 33.6 Å². The molecular weight excluding hydrogens is 290 g/mol. The Bertz CT molecular complexity index is 727. The van der Waals surface area contributed by atoms with Crippen LogP contribution in [0.4, 0.5) is 5.69 Å². The Morgan fingerprint density at radius 1 is 1.18 bits per heavy atom. The standard InChI is InChI=1S/C14H13N3O5/c1-22-8-4-2-6(15)10-11(8)14(21)17(13(10)20)7-3-5-9(18)16-12(7)19/h2,4,7H,3,5,15H2,1H3,(H,16,18,19)/t7-/m0/s1. The van der Waals surface area contributed by atoms with Crippen molar-refractivity contribution in [3.05, 3.63) is 23.3 Å². The molecule has 2 heterocycles. The van der Waals surface area contributed by atoms with Crippen molar-refractivity contribution in [2.75, 3.05) is 12.8 Å². The molecule has 0 radical (unpaired) electrons. The zero-order chi connectivity index (χ0) is 16.0. The van der Waals surface area contributed by atoms with Crippen LogP contribution in [0, 0.1) is 0 Å². The fourth-order valence-electron chi connectivity index (χ4n) is 2.76. The minimum absolute atomic E-state index is 0.0362. The third-order valence-corrected chi connectivity index (χ3v) is 3.81. The molecule has 114 valence electrons. The number of anilines is 1. The molecule has 1 aromatic rings. The number of amides is 4. The van der Waals surface area contributed by atoms with Crippen LogP contribution in [-0.2, 0) is 9.59 Å². The first kappa shape index (κ1) is 14.1. The Hall–Kier alpha value is -2.90. The molecule has 0 spiro atoms. The lowest BCUT2D eigenvalue weighted by Crippen LogP contribution is -2.54. The van der Waals surface area contributed by atoms with Gasteiger partial charge in [-0.2, -0.15) is 0 Å². The van der Waals surface area contributed by atoms with Crippen molar-refractivity contribution in [2.45, 2.75) is 18.9 Å². The summed E-state index contributed by atoms with van der Waals surface area (Å²) < 4.78 is 5.10. The molecule has 4 amide bonds. The summed E-state index contributed by atoms with van der Waals surface area (Å²) in [6.45, 7) is 0. The molecule has 1 atom stereocenters. The Morgan fingerprint density at radius 2 is 1.86 bits per heavy atom. The van der Waals surface area contributed by atoms with Crippen molar-refractivity contribution >= 4 is 29.3 Å². The van der Waals surface area contributed by atoms with Crippen LogP contribution < -0.4 is 15.8 Å². The van der Waals surface area contributed by atoms with Gasteiger partial charge in [-0.05, 0) is 18.6 Å². The second kappa shape index (κ2) is 4.83. The lowest BCUT2D eigenvalue weighted by molar-refractivity contribution is -0.136. The molecule has 0 aliphatic carbocycles. The molecule has 3 N–H and O–H groups in total. The summed E-state index contributed by atoms with van der Waals surface area (Å²) >= 11 is 0. The van der Waals surface area contributed by atoms with Gasteiger partial charge in [0, 0.05) is 12.1 Å². The quantitative estimate of drug-likeness (QED) is 0.571. The van der Waals surface area contributed by atoms with E-state index < -0.39 is 29.7 Å². The maximum Gasteiger partial charge on any atom is 0.266 e. The number of benzene rings is 1. The first-order chi connectivity index (χ1) is 10.5. The first-order valence-corrected chi connectivity index (χ1v) is 6.63. The van der Waals surface area contributed by atoms with Crippen LogP contribution in [0.2, 0.25) is 0 Å². The van der Waals surface area contributed by atoms with E-state index in [1.165, 1.54) is 19.2 Å². The van der Waals surface area contributed by atoms with Crippen molar-refractivity contribution in [3.63, 3.8) is 0 Å². The minimum atomic E-state index is -1.02. The van der Waals surface area contributed by atoms with Gasteiger partial charge in [0.05, 0.1) is 18.2 Å². The maximum absolute atomic E-state index is 12.6. The van der Waals surface area contributed by atoms with Crippen molar-refractivity contribution in [2.24, 2.45) is 0 Å². The average Bonchev–Trinajstić information content (AvgIpc) is 2.73. The van der Waals surface area contributed by atoms with Crippen molar-refractivity contribution in [3.8, 4) is 5.75 Å². The molecule has 0 saturated carbocycles. The van der Waals surface area contributed by atoms with Crippen LogP contribution in [0.15, 0.2) is 12.1 Å². The molecule has 22 heavy (non-hydrogen) atoms. The van der Waals surface area contributed by atoms with Crippen molar-refractivity contribution < 1.29 is 23.9 Å². The number of methoxy groups -OCH3 is 1. The molecule has 2 aliphatic heterocycles. The summed E-state index contributed by atoms with van der Waals surface area (Å²) in [6.07, 6.45) is 0.161. The molecule has 0 unspecified atom stereocenters. The molecule has 0 bridgehead atoms. The third-order valence-electron chi connectivity index (χ3n) is 3.81. The monoisotopic (exact) mass is 303 g/mol. The summed E-state index contributed by atoms with van der Waals surface area (Å²) in [5.41, 5.74) is 6.02. The number of fused-ring (bicyclic) bond motifs is 1. The number of hydrogen-bond acceptors (Lipinski definition) is 6. The number of nitrogens with one attached hydrogen (secondary N) is 1. The fraction of sp³-hybridized carbons (Fsp3) is 0.286. The average molecular weight is 303 g/mol. The lowest BCUT2D eigenvalue weighted by Gasteiger charge is -2.27. The van der Waals surface area contributed by atoms with Crippen LogP contribution in [0.5, 0.6) is 5.75 Å². The molecule has 3 rings (SSSR count). The van der Waals surface area contributed by atoms with Crippen LogP contribution >= 0.6 is 0 Å². The number of nitrogen functional groups attached to an aromatic ring is 1. The fourth-order valence-corrected chi connectivity index (χ4v) is 2.76. The predicted octanol–water partition coefficient (Wildman–Crippen LogP) is -0.321. The van der Waals surface area contributed by atoms with E-state index in [1.54, 1.807) is 0 Å². The van der Waals surface area contributed by atoms with Crippen LogP contribution in [-0.4, -0.2) is 41.7 Å². The number of carbonyl (C=O) groups excluding carboxylic acids is 4. The zero-order valence-corrected chi connectivity index (χ0v) is 11.7. The van der Waals surface area contributed by atoms with Gasteiger partial charge in [-0.25, -0.2) is 0 Å². The van der Waals surface area contributed by atoms with E-state index >= 15 is 0 Å². The highest BCUT2D eigenvalue weighted by molar-refractivity contribution is 6.26. The largest absolute Gasteiger partial charge is 0.496 e. The minimum Gasteiger partial charge on any atom is -0.496 e. The molecule has 1 saturated heterocycles. The van der Waals surface area contributed by atoms with E-state index in [2.05, 4.69) is 5.32 Å². The van der Waals surface area contributed by atoms with Gasteiger partial charge >= 0.3 is 0 Å². The first-order valence-electron chi connectivity index (χ1n) is 6.63. The van der Waals surface area contributed by atoms with E-state index in [9.17, 15) is 19.2 Å². The van der Waals surface area contributed by atoms with E-state index in [0.29, 0.717) is 0 Å². The van der Waals surface area contributed by atoms with Crippen molar-refractivity contribution in [1.82, 2.24) is 10.2 Å². The normalized spacial score (nSPS) is 21.0. The Labute approximate surface area is 125 Å². The van der Waals surface area contributed by atoms with E-state index in [0.717, 1.165) is 4.90 Å². The molecule has 8 heteroatoms. The second-order valence-corrected chi connectivity index (χ2v) is 5.05. The van der Waals surface area contributed by atoms with Crippen LogP contribution in [0.25, 0.3) is 0 Å². The lowest BCUT2D eigenvalue weighted by atomic mass is 10.0. The zero-order valence-electron chi connectivity index (χ0n) is 11.7. The number of piperidine rings is 1. The molecule has 1 fully saturated rings. The molecular formula is C14H13N3O5. The van der Waals surface area contributed by atoms with E-state index in [4.69, 9.17) is 10.5 Å². The Kier molecular flexibility index (Phi) is 3.09. The van der Waals surface area contributed by atoms with Gasteiger partial charge < -0.3 is 10.5 Å². The number of nitrogens with two attached hydrogens (primary N) is 1. The Morgan fingerprint density at radius 3 is 2.50 bits per heavy atom. The van der Waals surface area contributed by atoms with E-state index in [1.807, 2.05) is 0 Å². The summed E-state index contributed by atoms with van der Waals surface area (Å²) in [5, 5.41) is 2.13. The van der Waals surface area contributed by atoms with Gasteiger partial charge in [0.2, 0.25) is 11.8 Å². The van der Waals surface area contributed by atoms with Gasteiger partial charge in [-0.15, -0.1) is 0 Å². The number of rotatable bonds is 2. The summed E-state index contributed by atoms with van der Waals surface area (Å²) in [5.74, 6) is -2.15. The topological polar surface area (TPSA) is 119 Å². The van der Waals surface area contributed by atoms with Gasteiger partial charge in [-0.1, -0.05) is 0 Å². The number of carbonyl (C=O) groups is 4. The van der Waals surface area contributed by atoms with Crippen LogP contribution in [0.3, 0.4) is 0 Å². The second-order valence-electron chi connectivity index (χ2n) is 5.05. The molecule has 0 aromatic heterocycles. The molecule has 2 aliphatic rings. The molecule has 1 aromatic carbocycles. The predicted molar refractivity (Wildman–Crippen MR) is 74.1 cm³/mol. The third kappa shape index (κ3) is 1.84.